The molecule has 2 nitrogen and oxygen atoms in total. The zero-order valence-corrected chi connectivity index (χ0v) is 9.94. The molecule has 0 heterocycles. The van der Waals surface area contributed by atoms with E-state index in [0.29, 0.717) is 0 Å². The minimum absolute atomic E-state index is 0.00654. The molecule has 0 radical (unpaired) electrons. The maximum atomic E-state index is 9.50. The van der Waals surface area contributed by atoms with Gasteiger partial charge in [-0.2, -0.15) is 0 Å². The van der Waals surface area contributed by atoms with Crippen LogP contribution in [-0.2, 0) is 0 Å². The second kappa shape index (κ2) is 3.46. The lowest BCUT2D eigenvalue weighted by Crippen LogP contribution is -2.38. The molecule has 0 aromatic carbocycles. The van der Waals surface area contributed by atoms with Crippen LogP contribution in [0.5, 0.6) is 0 Å². The van der Waals surface area contributed by atoms with E-state index in [0.717, 1.165) is 48.6 Å². The topological polar surface area (TPSA) is 32.3 Å². The summed E-state index contributed by atoms with van der Waals surface area (Å²) in [6.07, 6.45) is 9.03. The van der Waals surface area contributed by atoms with Crippen molar-refractivity contribution < 1.29 is 5.11 Å². The summed E-state index contributed by atoms with van der Waals surface area (Å²) in [5, 5.41) is 13.4. The van der Waals surface area contributed by atoms with Crippen molar-refractivity contribution in [2.75, 3.05) is 0 Å². The molecule has 0 saturated heterocycles. The zero-order chi connectivity index (χ0) is 10.7. The van der Waals surface area contributed by atoms with Crippen LogP contribution in [0, 0.1) is 23.7 Å². The number of nitrogens with one attached hydrogen (secondary N) is 1. The van der Waals surface area contributed by atoms with Crippen LogP contribution in [0.3, 0.4) is 0 Å². The van der Waals surface area contributed by atoms with Crippen molar-refractivity contribution >= 4 is 0 Å². The number of fused-ring (bicyclic) bond motifs is 5. The number of aliphatic hydroxyl groups excluding tert-OH is 1. The molecule has 0 amide bonds. The molecule has 4 unspecified atom stereocenters. The molecule has 0 aromatic rings. The maximum absolute atomic E-state index is 9.50. The quantitative estimate of drug-likeness (QED) is 0.746. The van der Waals surface area contributed by atoms with E-state index in [2.05, 4.69) is 5.32 Å². The van der Waals surface area contributed by atoms with Gasteiger partial charge in [0.05, 0.1) is 6.10 Å². The molecule has 2 N–H and O–H groups in total. The number of hydrogen-bond acceptors (Lipinski definition) is 2. The first-order valence-electron chi connectivity index (χ1n) is 7.27. The van der Waals surface area contributed by atoms with Gasteiger partial charge in [-0.05, 0) is 68.6 Å². The molecule has 4 rings (SSSR count). The van der Waals surface area contributed by atoms with Crippen LogP contribution in [0.1, 0.15) is 44.9 Å². The summed E-state index contributed by atoms with van der Waals surface area (Å²) >= 11 is 0. The van der Waals surface area contributed by atoms with Crippen LogP contribution in [0.2, 0.25) is 0 Å². The number of hydrogen-bond donors (Lipinski definition) is 2. The SMILES string of the molecule is OC1CCC(NC2C3C4CCC(C4)C23)CC1. The Morgan fingerprint density at radius 3 is 2.06 bits per heavy atom. The van der Waals surface area contributed by atoms with Crippen LogP contribution in [-0.4, -0.2) is 23.3 Å². The van der Waals surface area contributed by atoms with Gasteiger partial charge in [0.1, 0.15) is 0 Å². The highest BCUT2D eigenvalue weighted by atomic mass is 16.3. The lowest BCUT2D eigenvalue weighted by Gasteiger charge is -2.27. The Balaban J connectivity index is 1.34. The highest BCUT2D eigenvalue weighted by molar-refractivity contribution is 5.17. The molecule has 90 valence electrons. The van der Waals surface area contributed by atoms with Gasteiger partial charge >= 0.3 is 0 Å². The minimum Gasteiger partial charge on any atom is -0.393 e. The molecule has 0 spiro atoms. The molecule has 0 aliphatic heterocycles. The van der Waals surface area contributed by atoms with Crippen molar-refractivity contribution in [3.8, 4) is 0 Å². The minimum atomic E-state index is -0.00654. The summed E-state index contributed by atoms with van der Waals surface area (Å²) in [4.78, 5) is 0. The molecule has 4 aliphatic rings. The maximum Gasteiger partial charge on any atom is 0.0541 e. The van der Waals surface area contributed by atoms with Crippen LogP contribution >= 0.6 is 0 Å². The fraction of sp³-hybridized carbons (Fsp3) is 1.00. The van der Waals surface area contributed by atoms with E-state index in [1.807, 2.05) is 0 Å². The summed E-state index contributed by atoms with van der Waals surface area (Å²) < 4.78 is 0. The number of aliphatic hydroxyl groups is 1. The third-order valence-corrected chi connectivity index (χ3v) is 5.86. The van der Waals surface area contributed by atoms with Crippen molar-refractivity contribution in [2.24, 2.45) is 23.7 Å². The van der Waals surface area contributed by atoms with Gasteiger partial charge in [0.15, 0.2) is 0 Å². The Hall–Kier alpha value is -0.0800. The Morgan fingerprint density at radius 2 is 1.44 bits per heavy atom. The van der Waals surface area contributed by atoms with Gasteiger partial charge in [0.2, 0.25) is 0 Å². The van der Waals surface area contributed by atoms with E-state index in [4.69, 9.17) is 0 Å². The van der Waals surface area contributed by atoms with E-state index in [1.54, 1.807) is 6.42 Å². The number of rotatable bonds is 2. The smallest absolute Gasteiger partial charge is 0.0541 e. The van der Waals surface area contributed by atoms with Gasteiger partial charge in [-0.1, -0.05) is 0 Å². The molecular weight excluding hydrogens is 198 g/mol. The van der Waals surface area contributed by atoms with Gasteiger partial charge < -0.3 is 10.4 Å². The molecular formula is C14H23NO. The van der Waals surface area contributed by atoms with Crippen molar-refractivity contribution in [3.05, 3.63) is 0 Å². The lowest BCUT2D eigenvalue weighted by molar-refractivity contribution is 0.115. The van der Waals surface area contributed by atoms with Gasteiger partial charge in [-0.15, -0.1) is 0 Å². The Kier molecular flexibility index (Phi) is 2.14. The van der Waals surface area contributed by atoms with Crippen molar-refractivity contribution in [2.45, 2.75) is 63.1 Å². The molecule has 0 aromatic heterocycles. The van der Waals surface area contributed by atoms with Gasteiger partial charge in [-0.25, -0.2) is 0 Å². The average molecular weight is 221 g/mol. The molecule has 4 fully saturated rings. The van der Waals surface area contributed by atoms with E-state index in [1.165, 1.54) is 25.7 Å². The van der Waals surface area contributed by atoms with E-state index in [9.17, 15) is 5.11 Å². The molecule has 4 saturated carbocycles. The summed E-state index contributed by atoms with van der Waals surface area (Å²) in [6, 6.07) is 1.60. The predicted octanol–water partition coefficient (Wildman–Crippen LogP) is 1.92. The lowest BCUT2D eigenvalue weighted by atomic mass is 9.92. The molecule has 2 bridgehead atoms. The Bertz CT molecular complexity index is 268. The van der Waals surface area contributed by atoms with Crippen molar-refractivity contribution in [1.82, 2.24) is 5.32 Å². The normalized spacial score (nSPS) is 58.7. The Labute approximate surface area is 97.8 Å². The van der Waals surface area contributed by atoms with Crippen LogP contribution < -0.4 is 5.32 Å². The van der Waals surface area contributed by atoms with Gasteiger partial charge in [0.25, 0.3) is 0 Å². The summed E-state index contributed by atoms with van der Waals surface area (Å²) in [5.74, 6) is 4.29. The van der Waals surface area contributed by atoms with Gasteiger partial charge in [-0.3, -0.25) is 0 Å². The molecule has 4 aliphatic carbocycles. The van der Waals surface area contributed by atoms with E-state index < -0.39 is 0 Å². The highest BCUT2D eigenvalue weighted by Crippen LogP contribution is 2.65. The zero-order valence-electron chi connectivity index (χ0n) is 9.94. The van der Waals surface area contributed by atoms with Crippen molar-refractivity contribution in [3.63, 3.8) is 0 Å². The first-order valence-corrected chi connectivity index (χ1v) is 7.27. The first-order chi connectivity index (χ1) is 7.83. The van der Waals surface area contributed by atoms with E-state index >= 15 is 0 Å². The monoisotopic (exact) mass is 221 g/mol. The van der Waals surface area contributed by atoms with E-state index in [-0.39, 0.29) is 6.10 Å². The predicted molar refractivity (Wildman–Crippen MR) is 63.0 cm³/mol. The van der Waals surface area contributed by atoms with Crippen LogP contribution in [0.25, 0.3) is 0 Å². The Morgan fingerprint density at radius 1 is 0.812 bits per heavy atom. The fourth-order valence-corrected chi connectivity index (χ4v) is 5.06. The second-order valence-electron chi connectivity index (χ2n) is 6.69. The highest BCUT2D eigenvalue weighted by Gasteiger charge is 2.64. The molecule has 2 heteroatoms. The largest absolute Gasteiger partial charge is 0.393 e. The second-order valence-corrected chi connectivity index (χ2v) is 6.69. The summed E-state index contributed by atoms with van der Waals surface area (Å²) in [7, 11) is 0. The average Bonchev–Trinajstić information content (AvgIpc) is 2.72. The van der Waals surface area contributed by atoms with Crippen LogP contribution in [0.4, 0.5) is 0 Å². The third-order valence-electron chi connectivity index (χ3n) is 5.86. The molecule has 16 heavy (non-hydrogen) atoms. The molecule has 4 atom stereocenters. The first kappa shape index (κ1) is 9.90. The van der Waals surface area contributed by atoms with Gasteiger partial charge in [0, 0.05) is 12.1 Å². The van der Waals surface area contributed by atoms with Crippen LogP contribution in [0.15, 0.2) is 0 Å². The third kappa shape index (κ3) is 1.39. The summed E-state index contributed by atoms with van der Waals surface area (Å²) in [6.45, 7) is 0. The van der Waals surface area contributed by atoms with Crippen molar-refractivity contribution in [1.29, 1.82) is 0 Å². The fourth-order valence-electron chi connectivity index (χ4n) is 5.06. The summed E-state index contributed by atoms with van der Waals surface area (Å²) in [5.41, 5.74) is 0. The standard InChI is InChI=1S/C14H23NO/c16-11-5-3-10(4-6-11)15-14-12-8-1-2-9(7-8)13(12)14/h8-16H,1-7H2.